The number of ether oxygens (including phenoxy) is 1. The maximum atomic E-state index is 10.7. The van der Waals surface area contributed by atoms with Crippen LogP contribution in [0.1, 0.15) is 13.3 Å². The second-order valence-corrected chi connectivity index (χ2v) is 2.54. The topological polar surface area (TPSA) is 93.0 Å². The van der Waals surface area contributed by atoms with Gasteiger partial charge < -0.3 is 9.84 Å². The van der Waals surface area contributed by atoms with Crippen molar-refractivity contribution in [1.29, 1.82) is 0 Å². The van der Waals surface area contributed by atoms with Crippen LogP contribution in [0.15, 0.2) is 4.99 Å². The van der Waals surface area contributed by atoms with Crippen LogP contribution in [-0.4, -0.2) is 35.8 Å². The molecule has 0 saturated carbocycles. The molecule has 0 aliphatic heterocycles. The molecule has 0 aromatic rings. The summed E-state index contributed by atoms with van der Waals surface area (Å²) in [6.45, 7) is 1.14. The number of hydrogen-bond acceptors (Lipinski definition) is 5. The Balaban J connectivity index is 4.70. The molecule has 0 amide bonds. The number of carboxylic acids is 1. The number of carbonyl (C=O) groups is 2. The molecule has 0 aromatic heterocycles. The van der Waals surface area contributed by atoms with Gasteiger partial charge in [0.25, 0.3) is 0 Å². The third kappa shape index (κ3) is 3.04. The van der Waals surface area contributed by atoms with Gasteiger partial charge in [-0.05, 0) is 6.92 Å². The lowest BCUT2D eigenvalue weighted by molar-refractivity contribution is -0.150. The number of aliphatic carboxylic acids is 1. The molecular formula is C7H9NO5. The fourth-order valence-electron chi connectivity index (χ4n) is 0.617. The van der Waals surface area contributed by atoms with Crippen molar-refractivity contribution in [3.05, 3.63) is 0 Å². The van der Waals surface area contributed by atoms with E-state index < -0.39 is 23.9 Å². The Bertz CT molecular complexity index is 264. The summed E-state index contributed by atoms with van der Waals surface area (Å²) in [5.41, 5.74) is -1.78. The third-order valence-corrected chi connectivity index (χ3v) is 1.47. The van der Waals surface area contributed by atoms with Crippen molar-refractivity contribution >= 4 is 18.0 Å². The van der Waals surface area contributed by atoms with Crippen molar-refractivity contribution in [2.24, 2.45) is 4.99 Å². The molecule has 0 aliphatic carbocycles. The number of carboxylic acid groups (broad SMARTS) is 1. The lowest BCUT2D eigenvalue weighted by Crippen LogP contribution is -2.35. The van der Waals surface area contributed by atoms with Crippen LogP contribution in [0.2, 0.25) is 0 Å². The molecule has 0 aromatic carbocycles. The summed E-state index contributed by atoms with van der Waals surface area (Å²) in [6.07, 6.45) is 0.613. The van der Waals surface area contributed by atoms with Gasteiger partial charge in [0.2, 0.25) is 6.08 Å². The Morgan fingerprint density at radius 2 is 2.15 bits per heavy atom. The van der Waals surface area contributed by atoms with Gasteiger partial charge >= 0.3 is 11.9 Å². The number of esters is 1. The van der Waals surface area contributed by atoms with E-state index in [9.17, 15) is 14.4 Å². The molecule has 6 heteroatoms. The van der Waals surface area contributed by atoms with Crippen LogP contribution < -0.4 is 0 Å². The van der Waals surface area contributed by atoms with Crippen LogP contribution in [0.3, 0.4) is 0 Å². The van der Waals surface area contributed by atoms with E-state index in [-0.39, 0.29) is 0 Å². The monoisotopic (exact) mass is 187 g/mol. The van der Waals surface area contributed by atoms with Gasteiger partial charge in [-0.15, -0.1) is 0 Å². The molecular weight excluding hydrogens is 178 g/mol. The average molecular weight is 187 g/mol. The predicted molar refractivity (Wildman–Crippen MR) is 40.8 cm³/mol. The normalized spacial score (nSPS) is 13.7. The summed E-state index contributed by atoms with van der Waals surface area (Å²) in [6, 6.07) is 0. The Morgan fingerprint density at radius 3 is 2.46 bits per heavy atom. The van der Waals surface area contributed by atoms with E-state index in [1.54, 1.807) is 0 Å². The van der Waals surface area contributed by atoms with E-state index in [4.69, 9.17) is 5.11 Å². The highest BCUT2D eigenvalue weighted by atomic mass is 16.5. The lowest BCUT2D eigenvalue weighted by Gasteiger charge is -2.15. The molecule has 0 heterocycles. The summed E-state index contributed by atoms with van der Waals surface area (Å²) in [5, 5.41) is 8.63. The molecule has 0 aliphatic rings. The molecule has 0 fully saturated rings. The molecule has 0 saturated heterocycles. The number of carbonyl (C=O) groups excluding carboxylic acids is 2. The van der Waals surface area contributed by atoms with E-state index in [2.05, 4.69) is 9.73 Å². The molecule has 72 valence electrons. The van der Waals surface area contributed by atoms with E-state index in [1.807, 2.05) is 0 Å². The highest BCUT2D eigenvalue weighted by Gasteiger charge is 2.36. The first-order valence-electron chi connectivity index (χ1n) is 3.35. The SMILES string of the molecule is COC(=O)CC(C)(N=C=O)C(=O)O. The molecule has 0 bridgehead atoms. The molecule has 1 N–H and O–H groups in total. The first kappa shape index (κ1) is 11.3. The standard InChI is InChI=1S/C7H9NO5/c1-7(6(11)12,8-4-9)3-5(10)13-2/h3H2,1-2H3,(H,11,12). The number of isocyanates is 1. The number of aliphatic imine (C=N–C) groups is 1. The van der Waals surface area contributed by atoms with Crippen molar-refractivity contribution in [3.8, 4) is 0 Å². The second-order valence-electron chi connectivity index (χ2n) is 2.54. The van der Waals surface area contributed by atoms with E-state index in [0.29, 0.717) is 0 Å². The largest absolute Gasteiger partial charge is 0.479 e. The molecule has 0 radical (unpaired) electrons. The molecule has 1 unspecified atom stereocenters. The molecule has 1 atom stereocenters. The maximum Gasteiger partial charge on any atom is 0.332 e. The molecule has 0 spiro atoms. The Morgan fingerprint density at radius 1 is 1.62 bits per heavy atom. The Hall–Kier alpha value is -1.68. The number of hydrogen-bond donors (Lipinski definition) is 1. The van der Waals surface area contributed by atoms with Crippen LogP contribution in [0.25, 0.3) is 0 Å². The lowest BCUT2D eigenvalue weighted by atomic mass is 9.99. The Kier molecular flexibility index (Phi) is 3.81. The molecule has 13 heavy (non-hydrogen) atoms. The highest BCUT2D eigenvalue weighted by molar-refractivity contribution is 5.86. The minimum atomic E-state index is -1.78. The first-order chi connectivity index (χ1) is 5.96. The number of nitrogens with zero attached hydrogens (tertiary/aromatic N) is 1. The van der Waals surface area contributed by atoms with Crippen LogP contribution in [0.5, 0.6) is 0 Å². The van der Waals surface area contributed by atoms with Gasteiger partial charge in [-0.1, -0.05) is 0 Å². The second kappa shape index (κ2) is 4.37. The van der Waals surface area contributed by atoms with Gasteiger partial charge in [-0.2, -0.15) is 4.99 Å². The average Bonchev–Trinajstić information content (AvgIpc) is 2.04. The van der Waals surface area contributed by atoms with E-state index in [0.717, 1.165) is 20.1 Å². The molecule has 0 rings (SSSR count). The van der Waals surface area contributed by atoms with Crippen LogP contribution in [-0.2, 0) is 19.1 Å². The van der Waals surface area contributed by atoms with Crippen molar-refractivity contribution in [2.45, 2.75) is 18.9 Å². The van der Waals surface area contributed by atoms with E-state index in [1.165, 1.54) is 0 Å². The van der Waals surface area contributed by atoms with Crippen molar-refractivity contribution in [1.82, 2.24) is 0 Å². The van der Waals surface area contributed by atoms with Gasteiger partial charge in [0, 0.05) is 0 Å². The van der Waals surface area contributed by atoms with Gasteiger partial charge in [-0.3, -0.25) is 4.79 Å². The Labute approximate surface area is 74.2 Å². The first-order valence-corrected chi connectivity index (χ1v) is 3.35. The number of methoxy groups -OCH3 is 1. The van der Waals surface area contributed by atoms with Gasteiger partial charge in [0.1, 0.15) is 0 Å². The van der Waals surface area contributed by atoms with Crippen LogP contribution in [0, 0.1) is 0 Å². The van der Waals surface area contributed by atoms with Gasteiger partial charge in [-0.25, -0.2) is 9.59 Å². The highest BCUT2D eigenvalue weighted by Crippen LogP contribution is 2.15. The zero-order valence-corrected chi connectivity index (χ0v) is 7.23. The van der Waals surface area contributed by atoms with Crippen LogP contribution in [0.4, 0.5) is 0 Å². The zero-order valence-electron chi connectivity index (χ0n) is 7.23. The van der Waals surface area contributed by atoms with Crippen molar-refractivity contribution in [2.75, 3.05) is 7.11 Å². The maximum absolute atomic E-state index is 10.7. The summed E-state index contributed by atoms with van der Waals surface area (Å²) in [4.78, 5) is 34.2. The summed E-state index contributed by atoms with van der Waals surface area (Å²) in [7, 11) is 1.12. The third-order valence-electron chi connectivity index (χ3n) is 1.47. The minimum absolute atomic E-state index is 0.492. The summed E-state index contributed by atoms with van der Waals surface area (Å²) >= 11 is 0. The fourth-order valence-corrected chi connectivity index (χ4v) is 0.617. The molecule has 6 nitrogen and oxygen atoms in total. The zero-order chi connectivity index (χ0) is 10.5. The fraction of sp³-hybridized carbons (Fsp3) is 0.571. The number of rotatable bonds is 4. The minimum Gasteiger partial charge on any atom is -0.479 e. The van der Waals surface area contributed by atoms with Crippen LogP contribution >= 0.6 is 0 Å². The summed E-state index contributed by atoms with van der Waals surface area (Å²) < 4.78 is 4.25. The van der Waals surface area contributed by atoms with Crippen molar-refractivity contribution in [3.63, 3.8) is 0 Å². The predicted octanol–water partition coefficient (Wildman–Crippen LogP) is -0.271. The van der Waals surface area contributed by atoms with Gasteiger partial charge in [0.05, 0.1) is 13.5 Å². The van der Waals surface area contributed by atoms with E-state index >= 15 is 0 Å². The van der Waals surface area contributed by atoms with Gasteiger partial charge in [0.15, 0.2) is 5.54 Å². The van der Waals surface area contributed by atoms with Crippen molar-refractivity contribution < 1.29 is 24.2 Å². The quantitative estimate of drug-likeness (QED) is 0.371. The smallest absolute Gasteiger partial charge is 0.332 e. The summed E-state index contributed by atoms with van der Waals surface area (Å²) in [5.74, 6) is -2.12.